The maximum atomic E-state index is 14.3. The maximum Gasteiger partial charge on any atom is 0.311 e. The van der Waals surface area contributed by atoms with E-state index in [1.54, 1.807) is 41.5 Å². The van der Waals surface area contributed by atoms with Crippen molar-refractivity contribution in [3.05, 3.63) is 4.91 Å². The van der Waals surface area contributed by atoms with Crippen molar-refractivity contribution in [3.63, 3.8) is 0 Å². The van der Waals surface area contributed by atoms with Gasteiger partial charge in [-0.05, 0) is 80.6 Å². The first-order valence-corrected chi connectivity index (χ1v) is 18.9. The zero-order valence-electron chi connectivity index (χ0n) is 36.5. The van der Waals surface area contributed by atoms with Crippen LogP contribution in [0.4, 0.5) is 0 Å². The van der Waals surface area contributed by atoms with Crippen molar-refractivity contribution in [1.82, 2.24) is 9.91 Å². The number of nitroso groups, excluding NO2 is 1. The molecule has 0 amide bonds. The van der Waals surface area contributed by atoms with E-state index in [1.165, 1.54) is 41.9 Å². The molecule has 1 unspecified atom stereocenters. The number of cyclic esters (lactones) is 1. The van der Waals surface area contributed by atoms with E-state index >= 15 is 0 Å². The van der Waals surface area contributed by atoms with Crippen molar-refractivity contribution >= 4 is 5.97 Å². The van der Waals surface area contributed by atoms with Crippen molar-refractivity contribution in [2.75, 3.05) is 27.7 Å². The molecule has 0 aliphatic carbocycles. The van der Waals surface area contributed by atoms with Crippen LogP contribution >= 0.6 is 0 Å². The Morgan fingerprint density at radius 3 is 2.23 bits per heavy atom. The molecule has 3 aliphatic rings. The first-order chi connectivity index (χ1) is 25.7. The second-order valence-electron chi connectivity index (χ2n) is 16.6. The number of ether oxygens (including phenoxy) is 6. The lowest BCUT2D eigenvalue weighted by Crippen LogP contribution is -2.60. The van der Waals surface area contributed by atoms with Crippen LogP contribution in [0.15, 0.2) is 5.29 Å². The summed E-state index contributed by atoms with van der Waals surface area (Å²) in [5, 5.41) is 62.4. The molecule has 53 heavy (non-hydrogen) atoms. The average molecular weight is 767 g/mol. The minimum absolute atomic E-state index is 0.0367. The molecule has 0 radical (unpaired) electrons. The number of hydrogen-bond donors (Lipinski definition) is 5. The Morgan fingerprint density at radius 1 is 1.02 bits per heavy atom. The highest BCUT2D eigenvalue weighted by Gasteiger charge is 2.52. The van der Waals surface area contributed by atoms with Crippen LogP contribution in [0.3, 0.4) is 0 Å². The third-order valence-corrected chi connectivity index (χ3v) is 11.9. The fraction of sp³-hybridized carbons (Fsp3) is 0.973. The van der Waals surface area contributed by atoms with Gasteiger partial charge in [-0.15, -0.1) is 4.91 Å². The van der Waals surface area contributed by atoms with E-state index in [9.17, 15) is 35.2 Å². The summed E-state index contributed by atoms with van der Waals surface area (Å²) >= 11 is 0. The smallest absolute Gasteiger partial charge is 0.311 e. The molecule has 3 aliphatic heterocycles. The lowest BCUT2D eigenvalue weighted by molar-refractivity contribution is -0.318. The number of hydrogen-bond acceptors (Lipinski definition) is 15. The van der Waals surface area contributed by atoms with E-state index in [2.05, 4.69) is 5.29 Å². The Balaban J connectivity index is 2.24. The molecule has 0 aromatic heterocycles. The molecule has 0 aromatic rings. The second-order valence-corrected chi connectivity index (χ2v) is 16.6. The van der Waals surface area contributed by atoms with E-state index in [0.29, 0.717) is 0 Å². The molecular formula is C37H69N3O13. The monoisotopic (exact) mass is 767 g/mol. The number of aliphatic hydroxyl groups excluding tert-OH is 3. The van der Waals surface area contributed by atoms with E-state index in [0.717, 1.165) is 9.91 Å². The number of rotatable bonds is 8. The van der Waals surface area contributed by atoms with Crippen LogP contribution in [0.5, 0.6) is 0 Å². The van der Waals surface area contributed by atoms with Crippen molar-refractivity contribution in [3.8, 4) is 0 Å². The Morgan fingerprint density at radius 2 is 1.66 bits per heavy atom. The highest BCUT2D eigenvalue weighted by atomic mass is 16.7. The van der Waals surface area contributed by atoms with Gasteiger partial charge in [-0.3, -0.25) is 9.80 Å². The van der Waals surface area contributed by atoms with Crippen LogP contribution in [-0.4, -0.2) is 159 Å². The van der Waals surface area contributed by atoms with Crippen molar-refractivity contribution in [2.45, 2.75) is 185 Å². The van der Waals surface area contributed by atoms with Crippen LogP contribution in [0.1, 0.15) is 99.0 Å². The summed E-state index contributed by atoms with van der Waals surface area (Å²) in [6.45, 7) is 13.0. The maximum absolute atomic E-state index is 14.3. The average Bonchev–Trinajstić information content (AvgIpc) is 3.11. The standard InChI is InChI=1S/C37H69N3O13/c1-14-26-37(10,46)30(42)23(6)39(11)18-19(2)16-35(8,45)32(53-34-28(41)25(40(12)38-47)15-20(3)49-34)21(4)29(22(5)33(44)51-26)52-27-17-36(9,48-13)31(43)24(7)50-27/h19-32,34,41-43,45-46H,14-18H2,1-13H3/t19-,20-,21+,22-,23-,24+,25+,26-,27+,28?,29+,30-,31+,32-,34+,35-,36-,37-/m1/s1/i11D3. The second kappa shape index (κ2) is 18.1. The van der Waals surface area contributed by atoms with Crippen molar-refractivity contribution in [1.29, 1.82) is 0 Å². The minimum atomic E-state index is -2.75. The van der Waals surface area contributed by atoms with Gasteiger partial charge in [0.15, 0.2) is 12.6 Å². The summed E-state index contributed by atoms with van der Waals surface area (Å²) in [4.78, 5) is 26.9. The third kappa shape index (κ3) is 10.2. The first-order valence-electron chi connectivity index (χ1n) is 20.4. The zero-order valence-corrected chi connectivity index (χ0v) is 33.5. The van der Waals surface area contributed by atoms with Crippen LogP contribution < -0.4 is 0 Å². The first kappa shape index (κ1) is 41.1. The number of carbonyl (C=O) groups excluding carboxylic acids is 1. The molecular weight excluding hydrogens is 694 g/mol. The molecule has 0 aromatic carbocycles. The van der Waals surface area contributed by atoms with Gasteiger partial charge in [-0.2, -0.15) is 0 Å². The topological polar surface area (TPSA) is 210 Å². The lowest BCUT2D eigenvalue weighted by atomic mass is 9.77. The molecule has 3 saturated heterocycles. The summed E-state index contributed by atoms with van der Waals surface area (Å²) < 4.78 is 62.1. The lowest BCUT2D eigenvalue weighted by Gasteiger charge is -2.48. The van der Waals surface area contributed by atoms with E-state index in [4.69, 9.17) is 32.5 Å². The number of carbonyl (C=O) groups is 1. The number of methoxy groups -OCH3 is 1. The highest BCUT2D eigenvalue weighted by Crippen LogP contribution is 2.40. The van der Waals surface area contributed by atoms with Gasteiger partial charge in [0.2, 0.25) is 0 Å². The van der Waals surface area contributed by atoms with Gasteiger partial charge >= 0.3 is 5.97 Å². The molecule has 18 atom stereocenters. The van der Waals surface area contributed by atoms with Gasteiger partial charge < -0.3 is 58.9 Å². The summed E-state index contributed by atoms with van der Waals surface area (Å²) in [7, 11) is 2.87. The summed E-state index contributed by atoms with van der Waals surface area (Å²) in [5.41, 5.74) is -5.07. The Hall–Kier alpha value is -1.57. The van der Waals surface area contributed by atoms with Crippen LogP contribution in [0.25, 0.3) is 0 Å². The molecule has 3 heterocycles. The molecule has 3 rings (SSSR count). The molecule has 0 bridgehead atoms. The van der Waals surface area contributed by atoms with E-state index in [1.807, 2.05) is 0 Å². The molecule has 16 heteroatoms. The number of likely N-dealkylation sites (N-methyl/N-ethyl adjacent to an activating group) is 2. The predicted molar refractivity (Wildman–Crippen MR) is 194 cm³/mol. The summed E-state index contributed by atoms with van der Waals surface area (Å²) in [6.07, 6.45) is -11.4. The van der Waals surface area contributed by atoms with Gasteiger partial charge in [-0.1, -0.05) is 20.8 Å². The molecule has 310 valence electrons. The van der Waals surface area contributed by atoms with Gasteiger partial charge in [0.05, 0.1) is 52.9 Å². The largest absolute Gasteiger partial charge is 0.459 e. The number of nitrogens with zero attached hydrogens (tertiary/aromatic N) is 3. The van der Waals surface area contributed by atoms with Crippen LogP contribution in [-0.2, 0) is 33.2 Å². The van der Waals surface area contributed by atoms with E-state index < -0.39 is 121 Å². The van der Waals surface area contributed by atoms with Crippen LogP contribution in [0.2, 0.25) is 0 Å². The molecule has 0 saturated carbocycles. The Bertz CT molecular complexity index is 1300. The van der Waals surface area contributed by atoms with Gasteiger partial charge in [0.25, 0.3) is 0 Å². The zero-order chi connectivity index (χ0) is 42.9. The molecule has 0 spiro atoms. The molecule has 3 fully saturated rings. The molecule has 5 N–H and O–H groups in total. The van der Waals surface area contributed by atoms with E-state index in [-0.39, 0.29) is 32.2 Å². The quantitative estimate of drug-likeness (QED) is 0.136. The van der Waals surface area contributed by atoms with Crippen molar-refractivity contribution < 1.29 is 62.9 Å². The number of aliphatic hydroxyl groups is 5. The summed E-state index contributed by atoms with van der Waals surface area (Å²) in [6, 6.07) is -1.98. The fourth-order valence-electron chi connectivity index (χ4n) is 8.43. The Kier molecular flexibility index (Phi) is 14.1. The van der Waals surface area contributed by atoms with Crippen LogP contribution in [0, 0.1) is 22.7 Å². The molecule has 16 nitrogen and oxygen atoms in total. The van der Waals surface area contributed by atoms with Gasteiger partial charge in [0.1, 0.15) is 30.0 Å². The van der Waals surface area contributed by atoms with Gasteiger partial charge in [0, 0.05) is 43.2 Å². The number of esters is 1. The highest BCUT2D eigenvalue weighted by molar-refractivity contribution is 5.73. The SMILES string of the molecule is [2H]C([2H])([2H])N1C[C@H](C)C[C@@](C)(O)[C@H](O[C@@H]2O[C@H](C)C[C@H](N(C)N=O)C2O)[C@@H](C)[C@H](O[C@H]2C[C@@](C)(OC)[C@@H](O)[C@H](C)O2)[C@@H](C)C(=O)O[C@H](CC)[C@@](C)(O)[C@H](O)[C@H]1C. The van der Waals surface area contributed by atoms with Crippen molar-refractivity contribution in [2.24, 2.45) is 23.0 Å². The summed E-state index contributed by atoms with van der Waals surface area (Å²) in [5.74, 6) is -3.56. The minimum Gasteiger partial charge on any atom is -0.459 e. The Labute approximate surface area is 319 Å². The van der Waals surface area contributed by atoms with Gasteiger partial charge in [-0.25, -0.2) is 0 Å². The fourth-order valence-corrected chi connectivity index (χ4v) is 8.43. The predicted octanol–water partition coefficient (Wildman–Crippen LogP) is 1.95. The normalized spacial score (nSPS) is 49.7. The third-order valence-electron chi connectivity index (χ3n) is 11.9.